The standard InChI is InChI=1S/C15H18N4O2/c1-3-21-15(20)11-4-6-12(7-5-11)16-13-9-19-14(17-13)8-10(2)18-19/h4-8,13,16-17H,3,9H2,1-2H3. The van der Waals surface area contributed by atoms with Crippen LogP contribution in [0.1, 0.15) is 23.0 Å². The van der Waals surface area contributed by atoms with Gasteiger partial charge in [-0.25, -0.2) is 9.48 Å². The van der Waals surface area contributed by atoms with E-state index in [0.29, 0.717) is 12.2 Å². The summed E-state index contributed by atoms with van der Waals surface area (Å²) in [5.74, 6) is 0.729. The predicted molar refractivity (Wildman–Crippen MR) is 80.4 cm³/mol. The molecule has 1 aromatic carbocycles. The van der Waals surface area contributed by atoms with E-state index in [-0.39, 0.29) is 12.1 Å². The molecule has 2 heterocycles. The van der Waals surface area contributed by atoms with Crippen LogP contribution in [0.2, 0.25) is 0 Å². The Morgan fingerprint density at radius 2 is 2.24 bits per heavy atom. The summed E-state index contributed by atoms with van der Waals surface area (Å²) in [4.78, 5) is 11.6. The number of aryl methyl sites for hydroxylation is 1. The summed E-state index contributed by atoms with van der Waals surface area (Å²) in [6, 6.07) is 9.29. The minimum Gasteiger partial charge on any atom is -0.462 e. The number of hydrogen-bond acceptors (Lipinski definition) is 5. The lowest BCUT2D eigenvalue weighted by Gasteiger charge is -2.14. The fraction of sp³-hybridized carbons (Fsp3) is 0.333. The Labute approximate surface area is 123 Å². The zero-order valence-electron chi connectivity index (χ0n) is 12.1. The number of hydrogen-bond donors (Lipinski definition) is 2. The van der Waals surface area contributed by atoms with Crippen molar-refractivity contribution in [1.29, 1.82) is 0 Å². The van der Waals surface area contributed by atoms with E-state index in [1.54, 1.807) is 19.1 Å². The fourth-order valence-electron chi connectivity index (χ4n) is 2.40. The largest absolute Gasteiger partial charge is 0.462 e. The highest BCUT2D eigenvalue weighted by Crippen LogP contribution is 2.21. The molecule has 0 saturated carbocycles. The maximum atomic E-state index is 11.6. The van der Waals surface area contributed by atoms with Crippen LogP contribution in [0.15, 0.2) is 30.3 Å². The smallest absolute Gasteiger partial charge is 0.338 e. The van der Waals surface area contributed by atoms with Crippen LogP contribution in [-0.2, 0) is 11.3 Å². The van der Waals surface area contributed by atoms with Crippen LogP contribution in [0.5, 0.6) is 0 Å². The van der Waals surface area contributed by atoms with Gasteiger partial charge in [0.05, 0.1) is 24.4 Å². The lowest BCUT2D eigenvalue weighted by molar-refractivity contribution is 0.0526. The first-order valence-electron chi connectivity index (χ1n) is 7.00. The van der Waals surface area contributed by atoms with E-state index in [0.717, 1.165) is 23.7 Å². The Kier molecular flexibility index (Phi) is 3.51. The van der Waals surface area contributed by atoms with Crippen molar-refractivity contribution < 1.29 is 9.53 Å². The van der Waals surface area contributed by atoms with Gasteiger partial charge in [0.2, 0.25) is 0 Å². The van der Waals surface area contributed by atoms with Gasteiger partial charge in [-0.15, -0.1) is 0 Å². The average molecular weight is 286 g/mol. The van der Waals surface area contributed by atoms with E-state index in [4.69, 9.17) is 4.74 Å². The van der Waals surface area contributed by atoms with Crippen molar-refractivity contribution in [3.8, 4) is 0 Å². The third-order valence-corrected chi connectivity index (χ3v) is 3.32. The van der Waals surface area contributed by atoms with Crippen LogP contribution >= 0.6 is 0 Å². The molecule has 3 rings (SSSR count). The zero-order valence-corrected chi connectivity index (χ0v) is 12.1. The lowest BCUT2D eigenvalue weighted by atomic mass is 10.2. The highest BCUT2D eigenvalue weighted by molar-refractivity contribution is 5.89. The molecule has 1 atom stereocenters. The summed E-state index contributed by atoms with van der Waals surface area (Å²) in [6.07, 6.45) is 0.0987. The third kappa shape index (κ3) is 2.84. The molecule has 0 fully saturated rings. The third-order valence-electron chi connectivity index (χ3n) is 3.32. The molecule has 6 heteroatoms. The highest BCUT2D eigenvalue weighted by atomic mass is 16.5. The monoisotopic (exact) mass is 286 g/mol. The molecule has 2 aromatic rings. The first-order chi connectivity index (χ1) is 10.2. The molecule has 0 amide bonds. The van der Waals surface area contributed by atoms with Crippen molar-refractivity contribution in [3.05, 3.63) is 41.6 Å². The van der Waals surface area contributed by atoms with E-state index in [1.165, 1.54) is 0 Å². The summed E-state index contributed by atoms with van der Waals surface area (Å²) in [5, 5.41) is 11.1. The minimum atomic E-state index is -0.293. The molecule has 0 bridgehead atoms. The van der Waals surface area contributed by atoms with Gasteiger partial charge in [-0.2, -0.15) is 5.10 Å². The summed E-state index contributed by atoms with van der Waals surface area (Å²) in [7, 11) is 0. The lowest BCUT2D eigenvalue weighted by Crippen LogP contribution is -2.26. The second-order valence-electron chi connectivity index (χ2n) is 4.99. The van der Waals surface area contributed by atoms with E-state index >= 15 is 0 Å². The van der Waals surface area contributed by atoms with Gasteiger partial charge >= 0.3 is 5.97 Å². The molecular formula is C15H18N4O2. The zero-order chi connectivity index (χ0) is 14.8. The van der Waals surface area contributed by atoms with Crippen molar-refractivity contribution in [2.45, 2.75) is 26.6 Å². The number of esters is 1. The topological polar surface area (TPSA) is 68.2 Å². The van der Waals surface area contributed by atoms with E-state index in [9.17, 15) is 4.79 Å². The van der Waals surface area contributed by atoms with Crippen LogP contribution < -0.4 is 10.6 Å². The summed E-state index contributed by atoms with van der Waals surface area (Å²) >= 11 is 0. The molecule has 21 heavy (non-hydrogen) atoms. The maximum Gasteiger partial charge on any atom is 0.338 e. The highest BCUT2D eigenvalue weighted by Gasteiger charge is 2.21. The van der Waals surface area contributed by atoms with E-state index in [1.807, 2.05) is 29.8 Å². The van der Waals surface area contributed by atoms with Gasteiger partial charge in [0.25, 0.3) is 0 Å². The normalized spacial score (nSPS) is 16.2. The summed E-state index contributed by atoms with van der Waals surface area (Å²) < 4.78 is 6.91. The van der Waals surface area contributed by atoms with E-state index < -0.39 is 0 Å². The van der Waals surface area contributed by atoms with Crippen molar-refractivity contribution in [1.82, 2.24) is 9.78 Å². The van der Waals surface area contributed by atoms with Crippen LogP contribution in [0.3, 0.4) is 0 Å². The van der Waals surface area contributed by atoms with Gasteiger partial charge in [0.1, 0.15) is 12.0 Å². The molecule has 110 valence electrons. The minimum absolute atomic E-state index is 0.0987. The molecule has 1 aromatic heterocycles. The van der Waals surface area contributed by atoms with Gasteiger partial charge in [-0.05, 0) is 38.1 Å². The summed E-state index contributed by atoms with van der Waals surface area (Å²) in [5.41, 5.74) is 2.52. The Morgan fingerprint density at radius 1 is 1.48 bits per heavy atom. The molecular weight excluding hydrogens is 268 g/mol. The van der Waals surface area contributed by atoms with Gasteiger partial charge in [-0.1, -0.05) is 0 Å². The molecule has 1 aliphatic heterocycles. The Bertz CT molecular complexity index is 625. The van der Waals surface area contributed by atoms with Crippen molar-refractivity contribution >= 4 is 17.5 Å². The first-order valence-corrected chi connectivity index (χ1v) is 7.00. The SMILES string of the molecule is CCOC(=O)c1ccc(NC2Cn3nc(C)cc3N2)cc1. The van der Waals surface area contributed by atoms with Crippen LogP contribution in [0.25, 0.3) is 0 Å². The molecule has 6 nitrogen and oxygen atoms in total. The Hall–Kier alpha value is -2.50. The molecule has 1 unspecified atom stereocenters. The second-order valence-corrected chi connectivity index (χ2v) is 4.99. The van der Waals surface area contributed by atoms with E-state index in [2.05, 4.69) is 15.7 Å². The number of carbonyl (C=O) groups is 1. The Morgan fingerprint density at radius 3 is 2.90 bits per heavy atom. The number of fused-ring (bicyclic) bond motifs is 1. The molecule has 0 radical (unpaired) electrons. The fourth-order valence-corrected chi connectivity index (χ4v) is 2.40. The number of rotatable bonds is 4. The quantitative estimate of drug-likeness (QED) is 0.844. The molecule has 2 N–H and O–H groups in total. The van der Waals surface area contributed by atoms with Crippen LogP contribution in [0.4, 0.5) is 11.5 Å². The number of benzene rings is 1. The predicted octanol–water partition coefficient (Wildman–Crippen LogP) is 2.23. The number of nitrogens with one attached hydrogen (secondary N) is 2. The molecule has 1 aliphatic rings. The van der Waals surface area contributed by atoms with Crippen LogP contribution in [0, 0.1) is 6.92 Å². The second kappa shape index (κ2) is 5.47. The maximum absolute atomic E-state index is 11.6. The number of aromatic nitrogens is 2. The van der Waals surface area contributed by atoms with Crippen molar-refractivity contribution in [3.63, 3.8) is 0 Å². The molecule has 0 saturated heterocycles. The number of carbonyl (C=O) groups excluding carboxylic acids is 1. The summed E-state index contributed by atoms with van der Waals surface area (Å²) in [6.45, 7) is 4.92. The number of ether oxygens (including phenoxy) is 1. The van der Waals surface area contributed by atoms with Gasteiger partial charge in [-0.3, -0.25) is 0 Å². The van der Waals surface area contributed by atoms with Crippen LogP contribution in [-0.4, -0.2) is 28.5 Å². The van der Waals surface area contributed by atoms with Gasteiger partial charge < -0.3 is 15.4 Å². The average Bonchev–Trinajstić information content (AvgIpc) is 2.96. The van der Waals surface area contributed by atoms with Crippen molar-refractivity contribution in [2.24, 2.45) is 0 Å². The number of nitrogens with zero attached hydrogens (tertiary/aromatic N) is 2. The van der Waals surface area contributed by atoms with Crippen molar-refractivity contribution in [2.75, 3.05) is 17.2 Å². The molecule has 0 aliphatic carbocycles. The molecule has 0 spiro atoms. The first kappa shape index (κ1) is 13.5. The van der Waals surface area contributed by atoms with Gasteiger partial charge in [0.15, 0.2) is 0 Å². The van der Waals surface area contributed by atoms with Gasteiger partial charge in [0, 0.05) is 11.8 Å². The number of anilines is 2. The Balaban J connectivity index is 1.61.